The Morgan fingerprint density at radius 1 is 1.10 bits per heavy atom. The second-order valence-corrected chi connectivity index (χ2v) is 9.53. The molecule has 0 saturated heterocycles. The molecule has 29 heavy (non-hydrogen) atoms. The Kier molecular flexibility index (Phi) is 6.78. The van der Waals surface area contributed by atoms with Crippen LogP contribution in [0, 0.1) is 12.8 Å². The number of thiophene rings is 1. The summed E-state index contributed by atoms with van der Waals surface area (Å²) in [7, 11) is 0. The van der Waals surface area contributed by atoms with E-state index in [0.29, 0.717) is 12.0 Å². The van der Waals surface area contributed by atoms with Crippen LogP contribution in [0.1, 0.15) is 59.4 Å². The molecule has 0 radical (unpaired) electrons. The van der Waals surface area contributed by atoms with Gasteiger partial charge in [-0.15, -0.1) is 11.3 Å². The maximum atomic E-state index is 5.55. The Bertz CT molecular complexity index is 888. The highest BCUT2D eigenvalue weighted by atomic mass is 32.1. The number of hydrogen-bond donors (Lipinski definition) is 0. The van der Waals surface area contributed by atoms with E-state index < -0.39 is 0 Å². The van der Waals surface area contributed by atoms with Crippen molar-refractivity contribution in [1.29, 1.82) is 0 Å². The third kappa shape index (κ3) is 5.34. The third-order valence-electron chi connectivity index (χ3n) is 5.94. The van der Waals surface area contributed by atoms with E-state index in [1.54, 1.807) is 0 Å². The quantitative estimate of drug-likeness (QED) is 0.447. The van der Waals surface area contributed by atoms with Gasteiger partial charge < -0.3 is 4.52 Å². The van der Waals surface area contributed by atoms with Gasteiger partial charge in [-0.3, -0.25) is 9.88 Å². The average molecular weight is 410 g/mol. The van der Waals surface area contributed by atoms with Gasteiger partial charge in [0.2, 0.25) is 0 Å². The highest BCUT2D eigenvalue weighted by molar-refractivity contribution is 7.11. The van der Waals surface area contributed by atoms with Crippen molar-refractivity contribution in [2.45, 2.75) is 71.5 Å². The molecule has 0 bridgehead atoms. The van der Waals surface area contributed by atoms with E-state index in [2.05, 4.69) is 52.3 Å². The normalized spacial score (nSPS) is 19.3. The Morgan fingerprint density at radius 3 is 2.69 bits per heavy atom. The van der Waals surface area contributed by atoms with Crippen LogP contribution in [-0.4, -0.2) is 21.1 Å². The fraction of sp³-hybridized carbons (Fsp3) is 0.500. The number of hydrogen-bond acceptors (Lipinski definition) is 5. The molecule has 1 aliphatic carbocycles. The molecular formula is C24H31N3OS. The van der Waals surface area contributed by atoms with Crippen LogP contribution >= 0.6 is 11.3 Å². The zero-order valence-electron chi connectivity index (χ0n) is 17.5. The molecule has 0 N–H and O–H groups in total. The zero-order chi connectivity index (χ0) is 20.1. The second-order valence-electron chi connectivity index (χ2n) is 8.28. The molecule has 4 nitrogen and oxygen atoms in total. The van der Waals surface area contributed by atoms with Gasteiger partial charge in [-0.1, -0.05) is 24.9 Å². The monoisotopic (exact) mass is 409 g/mol. The van der Waals surface area contributed by atoms with E-state index in [-0.39, 0.29) is 0 Å². The fourth-order valence-electron chi connectivity index (χ4n) is 4.61. The maximum absolute atomic E-state index is 5.55. The van der Waals surface area contributed by atoms with E-state index in [0.717, 1.165) is 31.0 Å². The molecular weight excluding hydrogens is 378 g/mol. The standard InChI is InChI=1S/C24H31N3OS/c1-3-5-22-8-9-23(29-22)17-27(16-19-10-12-25-13-11-19)24-7-4-6-20(24)15-21-14-18(2)26-28-21/h8-14,20,24H,3-7,15-17H2,1-2H3/t20-,24+/m0/s1. The molecule has 3 heterocycles. The van der Waals surface area contributed by atoms with Crippen LogP contribution in [0.4, 0.5) is 0 Å². The molecule has 4 rings (SSSR count). The van der Waals surface area contributed by atoms with Gasteiger partial charge in [0.25, 0.3) is 0 Å². The summed E-state index contributed by atoms with van der Waals surface area (Å²) in [5.41, 5.74) is 2.32. The lowest BCUT2D eigenvalue weighted by Gasteiger charge is -2.32. The maximum Gasteiger partial charge on any atom is 0.137 e. The molecule has 0 spiro atoms. The van der Waals surface area contributed by atoms with Crippen molar-refractivity contribution in [3.8, 4) is 0 Å². The minimum atomic E-state index is 0.574. The van der Waals surface area contributed by atoms with E-state index in [4.69, 9.17) is 4.52 Å². The summed E-state index contributed by atoms with van der Waals surface area (Å²) in [5.74, 6) is 1.66. The topological polar surface area (TPSA) is 42.2 Å². The summed E-state index contributed by atoms with van der Waals surface area (Å²) in [6.45, 7) is 6.25. The van der Waals surface area contributed by atoms with Gasteiger partial charge in [0.15, 0.2) is 0 Å². The van der Waals surface area contributed by atoms with E-state index >= 15 is 0 Å². The Balaban J connectivity index is 1.52. The first-order valence-corrected chi connectivity index (χ1v) is 11.7. The summed E-state index contributed by atoms with van der Waals surface area (Å²) in [6, 6.07) is 11.6. The van der Waals surface area contributed by atoms with Crippen molar-refractivity contribution in [1.82, 2.24) is 15.0 Å². The van der Waals surface area contributed by atoms with E-state index in [1.165, 1.54) is 47.4 Å². The molecule has 0 aliphatic heterocycles. The highest BCUT2D eigenvalue weighted by Crippen LogP contribution is 2.35. The first-order chi connectivity index (χ1) is 14.2. The number of rotatable bonds is 9. The number of aryl methyl sites for hydroxylation is 2. The first kappa shape index (κ1) is 20.3. The summed E-state index contributed by atoms with van der Waals surface area (Å²) < 4.78 is 5.55. The summed E-state index contributed by atoms with van der Waals surface area (Å²) in [6.07, 6.45) is 11.0. The molecule has 1 saturated carbocycles. The number of nitrogens with zero attached hydrogens (tertiary/aromatic N) is 3. The van der Waals surface area contributed by atoms with Gasteiger partial charge >= 0.3 is 0 Å². The molecule has 0 aromatic carbocycles. The Morgan fingerprint density at radius 2 is 1.93 bits per heavy atom. The molecule has 3 aromatic rings. The van der Waals surface area contributed by atoms with E-state index in [9.17, 15) is 0 Å². The lowest BCUT2D eigenvalue weighted by Crippen LogP contribution is -2.37. The van der Waals surface area contributed by atoms with Crippen LogP contribution in [0.15, 0.2) is 47.2 Å². The summed E-state index contributed by atoms with van der Waals surface area (Å²) in [4.78, 5) is 9.87. The van der Waals surface area contributed by atoms with Crippen molar-refractivity contribution in [3.63, 3.8) is 0 Å². The lowest BCUT2D eigenvalue weighted by atomic mass is 9.96. The number of pyridine rings is 1. The van der Waals surface area contributed by atoms with Crippen LogP contribution in [0.2, 0.25) is 0 Å². The van der Waals surface area contributed by atoms with Gasteiger partial charge in [-0.05, 0) is 61.9 Å². The smallest absolute Gasteiger partial charge is 0.137 e. The predicted molar refractivity (Wildman–Crippen MR) is 118 cm³/mol. The van der Waals surface area contributed by atoms with Gasteiger partial charge in [0.05, 0.1) is 5.69 Å². The molecule has 5 heteroatoms. The molecule has 154 valence electrons. The predicted octanol–water partition coefficient (Wildman–Crippen LogP) is 5.81. The first-order valence-electron chi connectivity index (χ1n) is 10.8. The van der Waals surface area contributed by atoms with Gasteiger partial charge in [0, 0.05) is 53.8 Å². The van der Waals surface area contributed by atoms with Gasteiger partial charge in [-0.25, -0.2) is 0 Å². The van der Waals surface area contributed by atoms with Crippen molar-refractivity contribution < 1.29 is 4.52 Å². The van der Waals surface area contributed by atoms with Crippen molar-refractivity contribution in [2.75, 3.05) is 0 Å². The van der Waals surface area contributed by atoms with Crippen molar-refractivity contribution >= 4 is 11.3 Å². The molecule has 1 aliphatic rings. The Labute approximate surface area is 178 Å². The van der Waals surface area contributed by atoms with E-state index in [1.807, 2.05) is 30.7 Å². The Hall–Kier alpha value is -1.98. The van der Waals surface area contributed by atoms with Crippen LogP contribution in [-0.2, 0) is 25.9 Å². The number of aromatic nitrogens is 2. The molecule has 2 atom stereocenters. The minimum Gasteiger partial charge on any atom is -0.361 e. The second kappa shape index (κ2) is 9.68. The average Bonchev–Trinajstić information content (AvgIpc) is 3.45. The summed E-state index contributed by atoms with van der Waals surface area (Å²) >= 11 is 1.98. The van der Waals surface area contributed by atoms with Crippen LogP contribution in [0.5, 0.6) is 0 Å². The van der Waals surface area contributed by atoms with Crippen LogP contribution in [0.3, 0.4) is 0 Å². The summed E-state index contributed by atoms with van der Waals surface area (Å²) in [5, 5.41) is 4.09. The van der Waals surface area contributed by atoms with Crippen molar-refractivity contribution in [2.24, 2.45) is 5.92 Å². The minimum absolute atomic E-state index is 0.574. The van der Waals surface area contributed by atoms with Crippen LogP contribution in [0.25, 0.3) is 0 Å². The van der Waals surface area contributed by atoms with Gasteiger partial charge in [-0.2, -0.15) is 0 Å². The molecule has 3 aromatic heterocycles. The lowest BCUT2D eigenvalue weighted by molar-refractivity contribution is 0.139. The largest absolute Gasteiger partial charge is 0.361 e. The van der Waals surface area contributed by atoms with Crippen LogP contribution < -0.4 is 0 Å². The van der Waals surface area contributed by atoms with Crippen molar-refractivity contribution in [3.05, 3.63) is 69.5 Å². The molecule has 1 fully saturated rings. The third-order valence-corrected chi connectivity index (χ3v) is 7.07. The fourth-order valence-corrected chi connectivity index (χ4v) is 5.75. The molecule has 0 amide bonds. The SMILES string of the molecule is CCCc1ccc(CN(Cc2ccncc2)[C@@H]2CCC[C@H]2Cc2cc(C)no2)s1. The highest BCUT2D eigenvalue weighted by Gasteiger charge is 2.33. The zero-order valence-corrected chi connectivity index (χ0v) is 18.3. The molecule has 0 unspecified atom stereocenters. The van der Waals surface area contributed by atoms with Gasteiger partial charge in [0.1, 0.15) is 5.76 Å².